The summed E-state index contributed by atoms with van der Waals surface area (Å²) in [6.07, 6.45) is 1.91. The molecule has 108 valence electrons. The molecule has 1 aliphatic carbocycles. The molecule has 3 N–H and O–H groups in total. The predicted molar refractivity (Wildman–Crippen MR) is 82.7 cm³/mol. The third-order valence-corrected chi connectivity index (χ3v) is 4.39. The highest BCUT2D eigenvalue weighted by Gasteiger charge is 2.16. The number of benzene rings is 2. The van der Waals surface area contributed by atoms with Crippen LogP contribution in [-0.2, 0) is 16.4 Å². The number of aryl methyl sites for hydroxylation is 1. The molecule has 0 amide bonds. The molecule has 0 heterocycles. The zero-order valence-corrected chi connectivity index (χ0v) is 12.1. The Hall–Kier alpha value is -2.18. The molecule has 0 spiro atoms. The van der Waals surface area contributed by atoms with Gasteiger partial charge in [-0.15, -0.1) is 0 Å². The lowest BCUT2D eigenvalue weighted by Crippen LogP contribution is -2.11. The molecule has 0 saturated heterocycles. The summed E-state index contributed by atoms with van der Waals surface area (Å²) < 4.78 is 22.4. The standard InChI is InChI=1S/C15H15N3O2S/c16-21(19,20)13-8-6-12(7-9-13)17-18-15-10-5-11-3-1-2-4-14(11)15/h1-4,6-9,17H,5,10H2,(H2,16,19,20)/b18-15-. The highest BCUT2D eigenvalue weighted by atomic mass is 32.2. The Kier molecular flexibility index (Phi) is 3.48. The summed E-state index contributed by atoms with van der Waals surface area (Å²) in [6.45, 7) is 0. The number of hydrazone groups is 1. The maximum atomic E-state index is 11.2. The van der Waals surface area contributed by atoms with Crippen molar-refractivity contribution in [1.29, 1.82) is 0 Å². The fraction of sp³-hybridized carbons (Fsp3) is 0.133. The summed E-state index contributed by atoms with van der Waals surface area (Å²) in [4.78, 5) is 0.0897. The van der Waals surface area contributed by atoms with E-state index >= 15 is 0 Å². The summed E-state index contributed by atoms with van der Waals surface area (Å²) in [5.74, 6) is 0. The minimum Gasteiger partial charge on any atom is -0.278 e. The molecule has 2 aromatic rings. The lowest BCUT2D eigenvalue weighted by atomic mass is 10.1. The van der Waals surface area contributed by atoms with E-state index in [1.165, 1.54) is 23.3 Å². The van der Waals surface area contributed by atoms with Gasteiger partial charge in [-0.25, -0.2) is 13.6 Å². The molecule has 3 rings (SSSR count). The van der Waals surface area contributed by atoms with Crippen molar-refractivity contribution in [3.63, 3.8) is 0 Å². The zero-order chi connectivity index (χ0) is 14.9. The summed E-state index contributed by atoms with van der Waals surface area (Å²) in [7, 11) is -3.65. The zero-order valence-electron chi connectivity index (χ0n) is 11.3. The number of primary sulfonamides is 1. The van der Waals surface area contributed by atoms with Crippen LogP contribution in [-0.4, -0.2) is 14.1 Å². The predicted octanol–water partition coefficient (Wildman–Crippen LogP) is 2.10. The Bertz CT molecular complexity index is 796. The van der Waals surface area contributed by atoms with Gasteiger partial charge < -0.3 is 0 Å². The van der Waals surface area contributed by atoms with Crippen LogP contribution in [0.15, 0.2) is 58.5 Å². The van der Waals surface area contributed by atoms with Gasteiger partial charge in [0.1, 0.15) is 0 Å². The number of nitrogens with zero attached hydrogens (tertiary/aromatic N) is 1. The molecule has 6 heteroatoms. The highest BCUT2D eigenvalue weighted by molar-refractivity contribution is 7.89. The monoisotopic (exact) mass is 301 g/mol. The average molecular weight is 301 g/mol. The first-order valence-corrected chi connectivity index (χ1v) is 8.12. The van der Waals surface area contributed by atoms with E-state index in [0.717, 1.165) is 24.2 Å². The number of fused-ring (bicyclic) bond motifs is 1. The minimum absolute atomic E-state index is 0.0897. The van der Waals surface area contributed by atoms with Crippen LogP contribution in [0.2, 0.25) is 0 Å². The third-order valence-electron chi connectivity index (χ3n) is 3.46. The van der Waals surface area contributed by atoms with Gasteiger partial charge in [-0.1, -0.05) is 24.3 Å². The van der Waals surface area contributed by atoms with E-state index < -0.39 is 10.0 Å². The van der Waals surface area contributed by atoms with Crippen LogP contribution in [0.3, 0.4) is 0 Å². The molecule has 0 fully saturated rings. The molecule has 0 atom stereocenters. The van der Waals surface area contributed by atoms with Gasteiger partial charge in [0, 0.05) is 5.56 Å². The number of anilines is 1. The number of hydrogen-bond donors (Lipinski definition) is 2. The van der Waals surface area contributed by atoms with Crippen molar-refractivity contribution in [2.24, 2.45) is 10.2 Å². The fourth-order valence-corrected chi connectivity index (χ4v) is 2.89. The Morgan fingerprint density at radius 1 is 1.00 bits per heavy atom. The van der Waals surface area contributed by atoms with E-state index in [4.69, 9.17) is 5.14 Å². The summed E-state index contributed by atoms with van der Waals surface area (Å²) in [5.41, 5.74) is 7.18. The summed E-state index contributed by atoms with van der Waals surface area (Å²) in [6, 6.07) is 14.4. The largest absolute Gasteiger partial charge is 0.278 e. The number of nitrogens with one attached hydrogen (secondary N) is 1. The fourth-order valence-electron chi connectivity index (χ4n) is 2.37. The van der Waals surface area contributed by atoms with Gasteiger partial charge >= 0.3 is 0 Å². The van der Waals surface area contributed by atoms with Crippen LogP contribution >= 0.6 is 0 Å². The first kappa shape index (κ1) is 13.8. The van der Waals surface area contributed by atoms with E-state index in [0.29, 0.717) is 0 Å². The van der Waals surface area contributed by atoms with Crippen molar-refractivity contribution in [3.8, 4) is 0 Å². The van der Waals surface area contributed by atoms with Crippen molar-refractivity contribution >= 4 is 21.4 Å². The molecule has 1 aliphatic rings. The molecule has 0 bridgehead atoms. The highest BCUT2D eigenvalue weighted by Crippen LogP contribution is 2.22. The molecule has 21 heavy (non-hydrogen) atoms. The van der Waals surface area contributed by atoms with Crippen molar-refractivity contribution in [3.05, 3.63) is 59.7 Å². The van der Waals surface area contributed by atoms with E-state index in [2.05, 4.69) is 22.7 Å². The van der Waals surface area contributed by atoms with E-state index in [1.54, 1.807) is 12.1 Å². The van der Waals surface area contributed by atoms with Crippen LogP contribution in [0.4, 0.5) is 5.69 Å². The maximum Gasteiger partial charge on any atom is 0.238 e. The van der Waals surface area contributed by atoms with Crippen molar-refractivity contribution in [1.82, 2.24) is 0 Å². The third kappa shape index (κ3) is 2.96. The van der Waals surface area contributed by atoms with Crippen molar-refractivity contribution in [2.75, 3.05) is 5.43 Å². The van der Waals surface area contributed by atoms with Crippen LogP contribution in [0, 0.1) is 0 Å². The van der Waals surface area contributed by atoms with Crippen molar-refractivity contribution in [2.45, 2.75) is 17.7 Å². The molecular formula is C15H15N3O2S. The SMILES string of the molecule is NS(=O)(=O)c1ccc(N/N=C2/CCc3ccccc32)cc1. The first-order valence-electron chi connectivity index (χ1n) is 6.58. The Morgan fingerprint density at radius 3 is 2.43 bits per heavy atom. The van der Waals surface area contributed by atoms with Gasteiger partial charge in [-0.2, -0.15) is 5.10 Å². The lowest BCUT2D eigenvalue weighted by molar-refractivity contribution is 0.598. The van der Waals surface area contributed by atoms with Gasteiger partial charge in [-0.3, -0.25) is 5.43 Å². The maximum absolute atomic E-state index is 11.2. The Labute approximate surface area is 123 Å². The number of nitrogens with two attached hydrogens (primary N) is 1. The quantitative estimate of drug-likeness (QED) is 0.851. The second-order valence-electron chi connectivity index (χ2n) is 4.90. The molecular weight excluding hydrogens is 286 g/mol. The van der Waals surface area contributed by atoms with Crippen LogP contribution in [0.1, 0.15) is 17.5 Å². The molecule has 0 unspecified atom stereocenters. The van der Waals surface area contributed by atoms with E-state index in [9.17, 15) is 8.42 Å². The number of rotatable bonds is 3. The van der Waals surface area contributed by atoms with E-state index in [-0.39, 0.29) is 4.90 Å². The average Bonchev–Trinajstić information content (AvgIpc) is 2.88. The first-order chi connectivity index (χ1) is 10.0. The second kappa shape index (κ2) is 5.31. The second-order valence-corrected chi connectivity index (χ2v) is 6.46. The smallest absolute Gasteiger partial charge is 0.238 e. The van der Waals surface area contributed by atoms with E-state index in [1.807, 2.05) is 12.1 Å². The minimum atomic E-state index is -3.65. The van der Waals surface area contributed by atoms with Gasteiger partial charge in [-0.05, 0) is 42.7 Å². The molecule has 0 aromatic heterocycles. The molecule has 0 aliphatic heterocycles. The van der Waals surface area contributed by atoms with Gasteiger partial charge in [0.05, 0.1) is 16.3 Å². The lowest BCUT2D eigenvalue weighted by Gasteiger charge is -2.04. The topological polar surface area (TPSA) is 84.5 Å². The summed E-state index contributed by atoms with van der Waals surface area (Å²) in [5, 5.41) is 9.47. The Morgan fingerprint density at radius 2 is 1.71 bits per heavy atom. The molecule has 0 radical (unpaired) electrons. The van der Waals surface area contributed by atoms with Crippen molar-refractivity contribution < 1.29 is 8.42 Å². The van der Waals surface area contributed by atoms with Crippen LogP contribution in [0.5, 0.6) is 0 Å². The van der Waals surface area contributed by atoms with Crippen LogP contribution < -0.4 is 10.6 Å². The number of hydrogen-bond acceptors (Lipinski definition) is 4. The molecule has 5 nitrogen and oxygen atoms in total. The summed E-state index contributed by atoms with van der Waals surface area (Å²) >= 11 is 0. The molecule has 0 saturated carbocycles. The van der Waals surface area contributed by atoms with Crippen LogP contribution in [0.25, 0.3) is 0 Å². The molecule has 2 aromatic carbocycles. The van der Waals surface area contributed by atoms with Gasteiger partial charge in [0.15, 0.2) is 0 Å². The number of sulfonamides is 1. The normalized spacial score (nSPS) is 16.0. The van der Waals surface area contributed by atoms with Gasteiger partial charge in [0.2, 0.25) is 10.0 Å². The van der Waals surface area contributed by atoms with Gasteiger partial charge in [0.25, 0.3) is 0 Å². The Balaban J connectivity index is 1.78.